The molecular formula is C9H15N2O3+. The minimum Gasteiger partial charge on any atom is -0.497 e. The Balaban J connectivity index is 2.69. The van der Waals surface area contributed by atoms with Crippen LogP contribution < -0.4 is 10.2 Å². The Morgan fingerprint density at radius 3 is 2.29 bits per heavy atom. The Kier molecular flexibility index (Phi) is 3.29. The molecule has 0 spiro atoms. The number of nitrogens with zero attached hydrogens (tertiary/aromatic N) is 1. The highest BCUT2D eigenvalue weighted by atomic mass is 16.9. The molecule has 1 rings (SSSR count). The van der Waals surface area contributed by atoms with E-state index in [1.807, 2.05) is 0 Å². The molecule has 78 valence electrons. The summed E-state index contributed by atoms with van der Waals surface area (Å²) in [5.41, 5.74) is 3.12. The van der Waals surface area contributed by atoms with Crippen molar-refractivity contribution in [1.82, 2.24) is 0 Å². The standard InChI is InChI=1S/C9H15N2O3/c1-3-11(12,13)10-8-4-6-9(14-2)7-5-8/h4-7,10,12-13H,3H2,1-2H3/q+1. The van der Waals surface area contributed by atoms with Gasteiger partial charge in [0.2, 0.25) is 0 Å². The van der Waals surface area contributed by atoms with E-state index in [9.17, 15) is 10.4 Å². The fraction of sp³-hybridized carbons (Fsp3) is 0.333. The van der Waals surface area contributed by atoms with Gasteiger partial charge in [0, 0.05) is 4.92 Å². The summed E-state index contributed by atoms with van der Waals surface area (Å²) < 4.78 is 4.97. The van der Waals surface area contributed by atoms with Crippen molar-refractivity contribution in [3.63, 3.8) is 0 Å². The third-order valence-electron chi connectivity index (χ3n) is 1.84. The molecule has 5 nitrogen and oxygen atoms in total. The highest BCUT2D eigenvalue weighted by molar-refractivity contribution is 5.44. The van der Waals surface area contributed by atoms with Gasteiger partial charge < -0.3 is 4.74 Å². The van der Waals surface area contributed by atoms with E-state index in [1.54, 1.807) is 38.3 Å². The second-order valence-corrected chi connectivity index (χ2v) is 2.89. The average molecular weight is 199 g/mol. The lowest BCUT2D eigenvalue weighted by Crippen LogP contribution is -2.46. The maximum atomic E-state index is 9.25. The fourth-order valence-electron chi connectivity index (χ4n) is 0.951. The molecule has 0 saturated carbocycles. The molecule has 0 saturated heterocycles. The van der Waals surface area contributed by atoms with E-state index in [4.69, 9.17) is 4.74 Å². The molecule has 0 atom stereocenters. The molecule has 0 aromatic heterocycles. The van der Waals surface area contributed by atoms with Crippen molar-refractivity contribution in [2.45, 2.75) is 6.92 Å². The van der Waals surface area contributed by atoms with Gasteiger partial charge in [-0.25, -0.2) is 0 Å². The first-order chi connectivity index (χ1) is 6.57. The first kappa shape index (κ1) is 10.8. The van der Waals surface area contributed by atoms with Crippen LogP contribution >= 0.6 is 0 Å². The third kappa shape index (κ3) is 2.88. The van der Waals surface area contributed by atoms with Crippen LogP contribution in [0.3, 0.4) is 0 Å². The zero-order chi connectivity index (χ0) is 10.6. The van der Waals surface area contributed by atoms with Gasteiger partial charge in [-0.15, -0.1) is 0 Å². The van der Waals surface area contributed by atoms with Gasteiger partial charge in [-0.3, -0.25) is 0 Å². The fourth-order valence-corrected chi connectivity index (χ4v) is 0.951. The predicted octanol–water partition coefficient (Wildman–Crippen LogP) is 1.64. The number of anilines is 1. The number of ether oxygens (including phenoxy) is 1. The molecule has 0 aliphatic rings. The van der Waals surface area contributed by atoms with Gasteiger partial charge in [0.1, 0.15) is 5.75 Å². The van der Waals surface area contributed by atoms with E-state index in [0.29, 0.717) is 5.69 Å². The largest absolute Gasteiger partial charge is 0.497 e. The lowest BCUT2D eigenvalue weighted by atomic mass is 10.3. The number of hydrogen-bond donors (Lipinski definition) is 3. The zero-order valence-electron chi connectivity index (χ0n) is 8.27. The third-order valence-corrected chi connectivity index (χ3v) is 1.84. The summed E-state index contributed by atoms with van der Waals surface area (Å²) in [5, 5.41) is 18.5. The average Bonchev–Trinajstić information content (AvgIpc) is 2.19. The molecular weight excluding hydrogens is 184 g/mol. The van der Waals surface area contributed by atoms with E-state index >= 15 is 0 Å². The Bertz CT molecular complexity index is 285. The van der Waals surface area contributed by atoms with Crippen LogP contribution in [0, 0.1) is 0 Å². The first-order valence-corrected chi connectivity index (χ1v) is 4.33. The van der Waals surface area contributed by atoms with Crippen molar-refractivity contribution < 1.29 is 20.1 Å². The molecule has 0 bridgehead atoms. The maximum Gasteiger partial charge on any atom is 0.165 e. The molecule has 5 heteroatoms. The van der Waals surface area contributed by atoms with Gasteiger partial charge in [-0.2, -0.15) is 15.8 Å². The van der Waals surface area contributed by atoms with E-state index in [1.165, 1.54) is 0 Å². The number of benzene rings is 1. The number of nitrogens with one attached hydrogen (secondary N) is 1. The van der Waals surface area contributed by atoms with E-state index in [0.717, 1.165) is 5.75 Å². The molecule has 0 radical (unpaired) electrons. The number of hydrogen-bond acceptors (Lipinski definition) is 4. The molecule has 3 N–H and O–H groups in total. The minimum atomic E-state index is -1.23. The molecule has 0 aliphatic heterocycles. The van der Waals surface area contributed by atoms with Crippen molar-refractivity contribution >= 4 is 5.69 Å². The molecule has 0 amide bonds. The van der Waals surface area contributed by atoms with Crippen molar-refractivity contribution in [3.8, 4) is 5.75 Å². The highest BCUT2D eigenvalue weighted by Crippen LogP contribution is 2.16. The van der Waals surface area contributed by atoms with Crippen molar-refractivity contribution in [2.75, 3.05) is 19.1 Å². The van der Waals surface area contributed by atoms with Crippen LogP contribution in [0.15, 0.2) is 24.3 Å². The maximum absolute atomic E-state index is 9.25. The highest BCUT2D eigenvalue weighted by Gasteiger charge is 2.18. The topological polar surface area (TPSA) is 61.7 Å². The van der Waals surface area contributed by atoms with Crippen LogP contribution in [0.2, 0.25) is 0 Å². The Morgan fingerprint density at radius 2 is 1.86 bits per heavy atom. The quantitative estimate of drug-likeness (QED) is 0.509. The predicted molar refractivity (Wildman–Crippen MR) is 51.0 cm³/mol. The van der Waals surface area contributed by atoms with Crippen LogP contribution in [0.1, 0.15) is 6.92 Å². The Hall–Kier alpha value is -1.30. The molecule has 1 aromatic rings. The number of methoxy groups -OCH3 is 1. The summed E-state index contributed by atoms with van der Waals surface area (Å²) in [7, 11) is 1.58. The second-order valence-electron chi connectivity index (χ2n) is 2.89. The lowest BCUT2D eigenvalue weighted by molar-refractivity contribution is -1.23. The summed E-state index contributed by atoms with van der Waals surface area (Å²) >= 11 is 0. The normalized spacial score (nSPS) is 11.1. The van der Waals surface area contributed by atoms with Crippen molar-refractivity contribution in [2.24, 2.45) is 0 Å². The number of rotatable bonds is 4. The van der Waals surface area contributed by atoms with E-state index in [-0.39, 0.29) is 6.54 Å². The van der Waals surface area contributed by atoms with Gasteiger partial charge in [0.15, 0.2) is 6.54 Å². The summed E-state index contributed by atoms with van der Waals surface area (Å²) in [6.45, 7) is 1.79. The summed E-state index contributed by atoms with van der Waals surface area (Å²) in [6, 6.07) is 6.87. The molecule has 0 heterocycles. The van der Waals surface area contributed by atoms with Gasteiger partial charge in [-0.1, -0.05) is 0 Å². The van der Waals surface area contributed by atoms with Gasteiger partial charge in [0.05, 0.1) is 12.8 Å². The van der Waals surface area contributed by atoms with Crippen molar-refractivity contribution in [3.05, 3.63) is 24.3 Å². The molecule has 1 aromatic carbocycles. The molecule has 0 aliphatic carbocycles. The number of hydroxylamine groups is 2. The van der Waals surface area contributed by atoms with Gasteiger partial charge >= 0.3 is 0 Å². The van der Waals surface area contributed by atoms with Crippen LogP contribution in [0.4, 0.5) is 5.69 Å². The van der Waals surface area contributed by atoms with Crippen LogP contribution in [-0.4, -0.2) is 29.0 Å². The van der Waals surface area contributed by atoms with Gasteiger partial charge in [0.25, 0.3) is 0 Å². The molecule has 0 unspecified atom stereocenters. The SMILES string of the molecule is CC[N+](O)(O)Nc1ccc(OC)cc1. The minimum absolute atomic E-state index is 0.145. The van der Waals surface area contributed by atoms with Crippen molar-refractivity contribution in [1.29, 1.82) is 0 Å². The number of quaternary nitrogens is 1. The summed E-state index contributed by atoms with van der Waals surface area (Å²) in [5.74, 6) is 0.723. The zero-order valence-corrected chi connectivity index (χ0v) is 8.27. The monoisotopic (exact) mass is 199 g/mol. The second kappa shape index (κ2) is 4.28. The Morgan fingerprint density at radius 1 is 1.29 bits per heavy atom. The van der Waals surface area contributed by atoms with Crippen LogP contribution in [-0.2, 0) is 0 Å². The van der Waals surface area contributed by atoms with E-state index in [2.05, 4.69) is 5.43 Å². The van der Waals surface area contributed by atoms with Crippen LogP contribution in [0.25, 0.3) is 0 Å². The molecule has 0 fully saturated rings. The van der Waals surface area contributed by atoms with Crippen LogP contribution in [0.5, 0.6) is 5.75 Å². The summed E-state index contributed by atoms with van der Waals surface area (Å²) in [6.07, 6.45) is 0. The molecule has 14 heavy (non-hydrogen) atoms. The lowest BCUT2D eigenvalue weighted by Gasteiger charge is -2.20. The van der Waals surface area contributed by atoms with Gasteiger partial charge in [-0.05, 0) is 31.2 Å². The smallest absolute Gasteiger partial charge is 0.165 e. The Labute approximate surface area is 82.6 Å². The summed E-state index contributed by atoms with van der Waals surface area (Å²) in [4.78, 5) is -1.23. The first-order valence-electron chi connectivity index (χ1n) is 4.33. The van der Waals surface area contributed by atoms with E-state index < -0.39 is 4.92 Å².